The second-order valence-electron chi connectivity index (χ2n) is 4.52. The monoisotopic (exact) mass is 224 g/mol. The standard InChI is InChI=1S/C11H20OSi2/c1-5-10-8-6-7-9-11(10)13-12-14(2,3)4/h6-9H,5,13H2,1-4H3. The lowest BCUT2D eigenvalue weighted by Gasteiger charge is -2.18. The Hall–Kier alpha value is -0.386. The first-order valence-electron chi connectivity index (χ1n) is 5.23. The van der Waals surface area contributed by atoms with Crippen molar-refractivity contribution in [2.45, 2.75) is 33.0 Å². The lowest BCUT2D eigenvalue weighted by atomic mass is 10.2. The van der Waals surface area contributed by atoms with Gasteiger partial charge in [0.15, 0.2) is 18.1 Å². The summed E-state index contributed by atoms with van der Waals surface area (Å²) in [6, 6.07) is 8.68. The van der Waals surface area contributed by atoms with E-state index in [0.717, 1.165) is 6.42 Å². The zero-order valence-electron chi connectivity index (χ0n) is 9.63. The van der Waals surface area contributed by atoms with Crippen LogP contribution in [0.3, 0.4) is 0 Å². The fraction of sp³-hybridized carbons (Fsp3) is 0.455. The van der Waals surface area contributed by atoms with Crippen molar-refractivity contribution in [2.24, 2.45) is 0 Å². The van der Waals surface area contributed by atoms with Gasteiger partial charge in [-0.15, -0.1) is 0 Å². The molecule has 0 aliphatic heterocycles. The maximum atomic E-state index is 6.04. The van der Waals surface area contributed by atoms with E-state index in [0.29, 0.717) is 0 Å². The van der Waals surface area contributed by atoms with Gasteiger partial charge in [0.2, 0.25) is 0 Å². The van der Waals surface area contributed by atoms with Gasteiger partial charge in [-0.25, -0.2) is 0 Å². The van der Waals surface area contributed by atoms with Crippen molar-refractivity contribution >= 4 is 23.3 Å². The minimum atomic E-state index is -1.31. The van der Waals surface area contributed by atoms with E-state index < -0.39 is 18.1 Å². The number of benzene rings is 1. The molecular formula is C11H20OSi2. The molecule has 0 radical (unpaired) electrons. The van der Waals surface area contributed by atoms with Crippen molar-refractivity contribution in [1.82, 2.24) is 0 Å². The zero-order valence-corrected chi connectivity index (χ0v) is 12.0. The highest BCUT2D eigenvalue weighted by atomic mass is 28.4. The maximum absolute atomic E-state index is 6.04. The topological polar surface area (TPSA) is 9.23 Å². The Morgan fingerprint density at radius 3 is 2.43 bits per heavy atom. The maximum Gasteiger partial charge on any atom is 0.179 e. The van der Waals surface area contributed by atoms with E-state index in [2.05, 4.69) is 50.8 Å². The molecule has 78 valence electrons. The molecule has 1 aromatic carbocycles. The molecule has 0 spiro atoms. The van der Waals surface area contributed by atoms with Crippen molar-refractivity contribution in [3.8, 4) is 0 Å². The van der Waals surface area contributed by atoms with Crippen molar-refractivity contribution < 1.29 is 4.12 Å². The average molecular weight is 224 g/mol. The van der Waals surface area contributed by atoms with Crippen LogP contribution in [0.2, 0.25) is 19.6 Å². The summed E-state index contributed by atoms with van der Waals surface area (Å²) in [5.41, 5.74) is 1.47. The summed E-state index contributed by atoms with van der Waals surface area (Å²) < 4.78 is 6.04. The molecular weight excluding hydrogens is 204 g/mol. The molecule has 14 heavy (non-hydrogen) atoms. The molecule has 3 heteroatoms. The first-order chi connectivity index (χ1) is 6.53. The van der Waals surface area contributed by atoms with E-state index in [1.165, 1.54) is 10.8 Å². The van der Waals surface area contributed by atoms with Crippen LogP contribution >= 0.6 is 0 Å². The van der Waals surface area contributed by atoms with Crippen LogP contribution in [-0.2, 0) is 10.5 Å². The first-order valence-corrected chi connectivity index (χ1v) is 9.93. The van der Waals surface area contributed by atoms with Gasteiger partial charge in [0.25, 0.3) is 0 Å². The molecule has 0 saturated carbocycles. The largest absolute Gasteiger partial charge is 0.457 e. The predicted octanol–water partition coefficient (Wildman–Crippen LogP) is 1.81. The molecule has 0 atom stereocenters. The minimum absolute atomic E-state index is 0.494. The number of hydrogen-bond donors (Lipinski definition) is 0. The zero-order chi connectivity index (χ0) is 10.6. The lowest BCUT2D eigenvalue weighted by Crippen LogP contribution is -2.33. The van der Waals surface area contributed by atoms with Gasteiger partial charge < -0.3 is 4.12 Å². The summed E-state index contributed by atoms with van der Waals surface area (Å²) in [4.78, 5) is 0. The molecule has 0 fully saturated rings. The fourth-order valence-corrected chi connectivity index (χ4v) is 4.48. The van der Waals surface area contributed by atoms with Gasteiger partial charge in [0, 0.05) is 0 Å². The molecule has 1 rings (SSSR count). The molecule has 0 aromatic heterocycles. The van der Waals surface area contributed by atoms with Crippen molar-refractivity contribution in [3.63, 3.8) is 0 Å². The van der Waals surface area contributed by atoms with Crippen LogP contribution < -0.4 is 5.19 Å². The molecule has 0 amide bonds. The van der Waals surface area contributed by atoms with E-state index in [1.807, 2.05) is 0 Å². The molecule has 1 aromatic rings. The first kappa shape index (κ1) is 11.7. The Morgan fingerprint density at radius 2 is 1.86 bits per heavy atom. The molecule has 0 N–H and O–H groups in total. The molecule has 0 unspecified atom stereocenters. The van der Waals surface area contributed by atoms with Crippen LogP contribution in [0.4, 0.5) is 0 Å². The second-order valence-corrected chi connectivity index (χ2v) is 11.0. The van der Waals surface area contributed by atoms with E-state index in [1.54, 1.807) is 0 Å². The molecule has 0 saturated heterocycles. The third-order valence-corrected chi connectivity index (χ3v) is 7.20. The molecule has 0 aliphatic rings. The van der Waals surface area contributed by atoms with Crippen molar-refractivity contribution in [2.75, 3.05) is 0 Å². The second kappa shape index (κ2) is 4.91. The van der Waals surface area contributed by atoms with E-state index in [4.69, 9.17) is 4.12 Å². The Labute approximate surface area is 90.6 Å². The van der Waals surface area contributed by atoms with Crippen molar-refractivity contribution in [3.05, 3.63) is 29.8 Å². The molecule has 1 nitrogen and oxygen atoms in total. The molecule has 0 heterocycles. The van der Waals surface area contributed by atoms with Crippen LogP contribution in [-0.4, -0.2) is 18.1 Å². The van der Waals surface area contributed by atoms with Crippen LogP contribution in [0.1, 0.15) is 12.5 Å². The van der Waals surface area contributed by atoms with Gasteiger partial charge in [-0.05, 0) is 36.8 Å². The van der Waals surface area contributed by atoms with Crippen LogP contribution in [0.5, 0.6) is 0 Å². The van der Waals surface area contributed by atoms with Crippen LogP contribution in [0, 0.1) is 0 Å². The predicted molar refractivity (Wildman–Crippen MR) is 68.4 cm³/mol. The molecule has 0 bridgehead atoms. The average Bonchev–Trinajstić information content (AvgIpc) is 2.14. The Morgan fingerprint density at radius 1 is 1.21 bits per heavy atom. The van der Waals surface area contributed by atoms with Crippen LogP contribution in [0.15, 0.2) is 24.3 Å². The smallest absolute Gasteiger partial charge is 0.179 e. The Bertz CT molecular complexity index is 292. The minimum Gasteiger partial charge on any atom is -0.457 e. The van der Waals surface area contributed by atoms with Gasteiger partial charge in [-0.3, -0.25) is 0 Å². The van der Waals surface area contributed by atoms with E-state index >= 15 is 0 Å². The highest BCUT2D eigenvalue weighted by Crippen LogP contribution is 2.02. The third-order valence-electron chi connectivity index (χ3n) is 2.16. The number of aryl methyl sites for hydroxylation is 1. The van der Waals surface area contributed by atoms with Crippen LogP contribution in [0.25, 0.3) is 0 Å². The van der Waals surface area contributed by atoms with Gasteiger partial charge >= 0.3 is 0 Å². The Balaban J connectivity index is 2.67. The number of rotatable bonds is 4. The van der Waals surface area contributed by atoms with Gasteiger partial charge in [-0.2, -0.15) is 0 Å². The lowest BCUT2D eigenvalue weighted by molar-refractivity contribution is 0.607. The quantitative estimate of drug-likeness (QED) is 0.709. The summed E-state index contributed by atoms with van der Waals surface area (Å²) in [6.07, 6.45) is 1.12. The fourth-order valence-electron chi connectivity index (χ4n) is 1.34. The molecule has 0 aliphatic carbocycles. The highest BCUT2D eigenvalue weighted by Gasteiger charge is 2.14. The van der Waals surface area contributed by atoms with Gasteiger partial charge in [-0.1, -0.05) is 31.2 Å². The van der Waals surface area contributed by atoms with E-state index in [-0.39, 0.29) is 0 Å². The summed E-state index contributed by atoms with van der Waals surface area (Å²) in [5, 5.41) is 1.48. The summed E-state index contributed by atoms with van der Waals surface area (Å²) >= 11 is 0. The van der Waals surface area contributed by atoms with Gasteiger partial charge in [0.05, 0.1) is 0 Å². The third kappa shape index (κ3) is 3.78. The highest BCUT2D eigenvalue weighted by molar-refractivity contribution is 6.75. The summed E-state index contributed by atoms with van der Waals surface area (Å²) in [7, 11) is -1.81. The SMILES string of the molecule is CCc1ccccc1[SiH2]O[Si](C)(C)C. The normalized spacial score (nSPS) is 12.6. The number of hydrogen-bond acceptors (Lipinski definition) is 1. The van der Waals surface area contributed by atoms with E-state index in [9.17, 15) is 0 Å². The summed E-state index contributed by atoms with van der Waals surface area (Å²) in [5.74, 6) is 0. The summed E-state index contributed by atoms with van der Waals surface area (Å²) in [6.45, 7) is 8.99. The van der Waals surface area contributed by atoms with Crippen molar-refractivity contribution in [1.29, 1.82) is 0 Å². The Kier molecular flexibility index (Phi) is 4.10. The van der Waals surface area contributed by atoms with Gasteiger partial charge in [0.1, 0.15) is 0 Å².